The lowest BCUT2D eigenvalue weighted by atomic mass is 9.99. The molecular formula is C13H21NO2. The highest BCUT2D eigenvalue weighted by Gasteiger charge is 2.17. The van der Waals surface area contributed by atoms with E-state index in [1.54, 1.807) is 14.2 Å². The van der Waals surface area contributed by atoms with E-state index in [4.69, 9.17) is 9.47 Å². The smallest absolute Gasteiger partial charge is 0.127 e. The van der Waals surface area contributed by atoms with Crippen LogP contribution in [0, 0.1) is 13.8 Å². The second-order valence-corrected chi connectivity index (χ2v) is 3.96. The summed E-state index contributed by atoms with van der Waals surface area (Å²) in [5.74, 6) is 1.86. The highest BCUT2D eigenvalue weighted by Crippen LogP contribution is 2.36. The van der Waals surface area contributed by atoms with Crippen molar-refractivity contribution in [3.63, 3.8) is 0 Å². The van der Waals surface area contributed by atoms with E-state index in [1.807, 2.05) is 20.0 Å². The molecule has 0 saturated heterocycles. The zero-order chi connectivity index (χ0) is 12.3. The maximum Gasteiger partial charge on any atom is 0.127 e. The zero-order valence-corrected chi connectivity index (χ0v) is 11.0. The molecule has 1 rings (SSSR count). The number of methoxy groups -OCH3 is 2. The maximum absolute atomic E-state index is 5.48. The Morgan fingerprint density at radius 3 is 2.19 bits per heavy atom. The van der Waals surface area contributed by atoms with Gasteiger partial charge in [0.05, 0.1) is 14.2 Å². The molecule has 0 aliphatic carbocycles. The molecule has 1 aromatic carbocycles. The van der Waals surface area contributed by atoms with Gasteiger partial charge in [0.1, 0.15) is 11.5 Å². The largest absolute Gasteiger partial charge is 0.496 e. The first kappa shape index (κ1) is 12.8. The Balaban J connectivity index is 3.40. The summed E-state index contributed by atoms with van der Waals surface area (Å²) in [4.78, 5) is 0. The van der Waals surface area contributed by atoms with Crippen LogP contribution in [-0.4, -0.2) is 21.3 Å². The molecule has 1 N–H and O–H groups in total. The van der Waals surface area contributed by atoms with Crippen molar-refractivity contribution in [3.8, 4) is 11.5 Å². The van der Waals surface area contributed by atoms with Gasteiger partial charge in [0, 0.05) is 11.6 Å². The van der Waals surface area contributed by atoms with Crippen LogP contribution in [0.4, 0.5) is 0 Å². The lowest BCUT2D eigenvalue weighted by Gasteiger charge is -2.20. The van der Waals surface area contributed by atoms with Crippen LogP contribution in [-0.2, 0) is 0 Å². The SMILES string of the molecule is CNC(C)c1cc(OC)c(C)c(C)c1OC. The summed E-state index contributed by atoms with van der Waals surface area (Å²) in [6.07, 6.45) is 0. The van der Waals surface area contributed by atoms with E-state index < -0.39 is 0 Å². The number of hydrogen-bond donors (Lipinski definition) is 1. The standard InChI is InChI=1S/C13H21NO2/c1-8-9(2)13(16-6)11(10(3)14-4)7-12(8)15-5/h7,10,14H,1-6H3. The predicted molar refractivity (Wildman–Crippen MR) is 66.5 cm³/mol. The van der Waals surface area contributed by atoms with E-state index in [2.05, 4.69) is 19.2 Å². The van der Waals surface area contributed by atoms with Crippen LogP contribution >= 0.6 is 0 Å². The molecule has 90 valence electrons. The number of nitrogens with one attached hydrogen (secondary N) is 1. The van der Waals surface area contributed by atoms with Gasteiger partial charge >= 0.3 is 0 Å². The van der Waals surface area contributed by atoms with E-state index >= 15 is 0 Å². The summed E-state index contributed by atoms with van der Waals surface area (Å²) in [5.41, 5.74) is 3.40. The number of ether oxygens (including phenoxy) is 2. The van der Waals surface area contributed by atoms with Crippen molar-refractivity contribution < 1.29 is 9.47 Å². The molecule has 3 heteroatoms. The minimum Gasteiger partial charge on any atom is -0.496 e. The third-order valence-electron chi connectivity index (χ3n) is 3.15. The maximum atomic E-state index is 5.48. The third-order valence-corrected chi connectivity index (χ3v) is 3.15. The monoisotopic (exact) mass is 223 g/mol. The Morgan fingerprint density at radius 2 is 1.75 bits per heavy atom. The number of benzene rings is 1. The number of rotatable bonds is 4. The summed E-state index contributed by atoms with van der Waals surface area (Å²) < 4.78 is 10.9. The topological polar surface area (TPSA) is 30.5 Å². The van der Waals surface area contributed by atoms with Gasteiger partial charge in [0.25, 0.3) is 0 Å². The first-order valence-electron chi connectivity index (χ1n) is 5.46. The van der Waals surface area contributed by atoms with Crippen LogP contribution in [0.15, 0.2) is 6.07 Å². The molecule has 0 bridgehead atoms. The molecule has 3 nitrogen and oxygen atoms in total. The number of hydrogen-bond acceptors (Lipinski definition) is 3. The van der Waals surface area contributed by atoms with Gasteiger partial charge in [0.15, 0.2) is 0 Å². The molecule has 0 aromatic heterocycles. The summed E-state index contributed by atoms with van der Waals surface area (Å²) in [6.45, 7) is 6.21. The van der Waals surface area contributed by atoms with Gasteiger partial charge in [-0.3, -0.25) is 0 Å². The first-order valence-corrected chi connectivity index (χ1v) is 5.46. The van der Waals surface area contributed by atoms with Gasteiger partial charge in [-0.05, 0) is 45.0 Å². The van der Waals surface area contributed by atoms with Gasteiger partial charge in [-0.25, -0.2) is 0 Å². The van der Waals surface area contributed by atoms with Gasteiger partial charge in [-0.2, -0.15) is 0 Å². The quantitative estimate of drug-likeness (QED) is 0.851. The first-order chi connectivity index (χ1) is 7.56. The second-order valence-electron chi connectivity index (χ2n) is 3.96. The van der Waals surface area contributed by atoms with Crippen LogP contribution in [0.1, 0.15) is 29.7 Å². The Bertz CT molecular complexity index is 375. The molecule has 0 heterocycles. The molecule has 16 heavy (non-hydrogen) atoms. The molecule has 0 aliphatic heterocycles. The lowest BCUT2D eigenvalue weighted by molar-refractivity contribution is 0.388. The molecule has 1 unspecified atom stereocenters. The normalized spacial score (nSPS) is 12.4. The average Bonchev–Trinajstić information content (AvgIpc) is 2.31. The molecular weight excluding hydrogens is 202 g/mol. The molecule has 0 saturated carbocycles. The van der Waals surface area contributed by atoms with E-state index in [1.165, 1.54) is 0 Å². The van der Waals surface area contributed by atoms with Crippen LogP contribution in [0.25, 0.3) is 0 Å². The summed E-state index contributed by atoms with van der Waals surface area (Å²) in [7, 11) is 5.34. The molecule has 0 spiro atoms. The third kappa shape index (κ3) is 2.14. The van der Waals surface area contributed by atoms with Gasteiger partial charge in [0.2, 0.25) is 0 Å². The average molecular weight is 223 g/mol. The fraction of sp³-hybridized carbons (Fsp3) is 0.538. The molecule has 1 atom stereocenters. The predicted octanol–water partition coefficient (Wildman–Crippen LogP) is 2.60. The van der Waals surface area contributed by atoms with Gasteiger partial charge < -0.3 is 14.8 Å². The summed E-state index contributed by atoms with van der Waals surface area (Å²) in [5, 5.41) is 3.22. The summed E-state index contributed by atoms with van der Waals surface area (Å²) in [6, 6.07) is 2.28. The van der Waals surface area contributed by atoms with Crippen molar-refractivity contribution in [2.24, 2.45) is 0 Å². The minimum absolute atomic E-state index is 0.239. The molecule has 0 radical (unpaired) electrons. The summed E-state index contributed by atoms with van der Waals surface area (Å²) >= 11 is 0. The molecule has 0 aliphatic rings. The van der Waals surface area contributed by atoms with Crippen molar-refractivity contribution in [3.05, 3.63) is 22.8 Å². The van der Waals surface area contributed by atoms with Crippen molar-refractivity contribution in [1.29, 1.82) is 0 Å². The van der Waals surface area contributed by atoms with E-state index in [0.29, 0.717) is 0 Å². The highest BCUT2D eigenvalue weighted by atomic mass is 16.5. The molecule has 1 aromatic rings. The second kappa shape index (κ2) is 5.21. The van der Waals surface area contributed by atoms with Gasteiger partial charge in [-0.1, -0.05) is 0 Å². The van der Waals surface area contributed by atoms with Crippen LogP contribution in [0.5, 0.6) is 11.5 Å². The van der Waals surface area contributed by atoms with Crippen molar-refractivity contribution >= 4 is 0 Å². The Morgan fingerprint density at radius 1 is 1.12 bits per heavy atom. The van der Waals surface area contributed by atoms with Gasteiger partial charge in [-0.15, -0.1) is 0 Å². The van der Waals surface area contributed by atoms with Crippen molar-refractivity contribution in [2.45, 2.75) is 26.8 Å². The lowest BCUT2D eigenvalue weighted by Crippen LogP contribution is -2.14. The fourth-order valence-corrected chi connectivity index (χ4v) is 1.85. The van der Waals surface area contributed by atoms with E-state index in [0.717, 1.165) is 28.2 Å². The zero-order valence-electron chi connectivity index (χ0n) is 11.0. The molecule has 0 amide bonds. The van der Waals surface area contributed by atoms with Crippen LogP contribution in [0.3, 0.4) is 0 Å². The Labute approximate surface area is 97.8 Å². The van der Waals surface area contributed by atoms with Crippen molar-refractivity contribution in [1.82, 2.24) is 5.32 Å². The van der Waals surface area contributed by atoms with Crippen molar-refractivity contribution in [2.75, 3.05) is 21.3 Å². The van der Waals surface area contributed by atoms with Crippen LogP contribution < -0.4 is 14.8 Å². The van der Waals surface area contributed by atoms with Crippen LogP contribution in [0.2, 0.25) is 0 Å². The molecule has 0 fully saturated rings. The Kier molecular flexibility index (Phi) is 4.19. The Hall–Kier alpha value is -1.22. The van der Waals surface area contributed by atoms with E-state index in [-0.39, 0.29) is 6.04 Å². The highest BCUT2D eigenvalue weighted by molar-refractivity contribution is 5.53. The fourth-order valence-electron chi connectivity index (χ4n) is 1.85. The van der Waals surface area contributed by atoms with E-state index in [9.17, 15) is 0 Å². The minimum atomic E-state index is 0.239.